The Kier molecular flexibility index (Phi) is 2.42. The molecule has 0 atom stereocenters. The SMILES string of the molecule is CC1OC(c2csc(N3CCCC3=O)n2)O1. The summed E-state index contributed by atoms with van der Waals surface area (Å²) in [6, 6.07) is 0. The maximum absolute atomic E-state index is 11.5. The third-order valence-electron chi connectivity index (χ3n) is 2.69. The fraction of sp³-hybridized carbons (Fsp3) is 0.600. The molecule has 16 heavy (non-hydrogen) atoms. The standard InChI is InChI=1S/C10H12N2O3S/c1-6-14-9(15-6)7-5-16-10(11-7)12-4-2-3-8(12)13/h5-6,9H,2-4H2,1H3. The minimum atomic E-state index is -0.349. The van der Waals surface area contributed by atoms with Crippen LogP contribution in [0.3, 0.4) is 0 Å². The van der Waals surface area contributed by atoms with Crippen molar-refractivity contribution in [1.29, 1.82) is 0 Å². The van der Waals surface area contributed by atoms with Crippen molar-refractivity contribution in [2.24, 2.45) is 0 Å². The lowest BCUT2D eigenvalue weighted by molar-refractivity contribution is -0.383. The van der Waals surface area contributed by atoms with E-state index in [1.165, 1.54) is 11.3 Å². The van der Waals surface area contributed by atoms with Gasteiger partial charge in [0.1, 0.15) is 5.69 Å². The van der Waals surface area contributed by atoms with E-state index < -0.39 is 0 Å². The van der Waals surface area contributed by atoms with Gasteiger partial charge < -0.3 is 9.47 Å². The zero-order valence-corrected chi connectivity index (χ0v) is 9.70. The zero-order chi connectivity index (χ0) is 11.1. The third-order valence-corrected chi connectivity index (χ3v) is 3.57. The van der Waals surface area contributed by atoms with Crippen LogP contribution in [0.15, 0.2) is 5.38 Å². The Morgan fingerprint density at radius 3 is 3.00 bits per heavy atom. The number of nitrogens with zero attached hydrogens (tertiary/aromatic N) is 2. The fourth-order valence-corrected chi connectivity index (χ4v) is 2.72. The van der Waals surface area contributed by atoms with Crippen LogP contribution in [0.25, 0.3) is 0 Å². The number of anilines is 1. The highest BCUT2D eigenvalue weighted by Gasteiger charge is 2.32. The van der Waals surface area contributed by atoms with Gasteiger partial charge in [0.05, 0.1) is 0 Å². The van der Waals surface area contributed by atoms with Crippen molar-refractivity contribution in [3.05, 3.63) is 11.1 Å². The summed E-state index contributed by atoms with van der Waals surface area (Å²) >= 11 is 1.46. The summed E-state index contributed by atoms with van der Waals surface area (Å²) in [6.45, 7) is 2.61. The zero-order valence-electron chi connectivity index (χ0n) is 8.88. The van der Waals surface area contributed by atoms with Gasteiger partial charge in [0.2, 0.25) is 12.2 Å². The van der Waals surface area contributed by atoms with Gasteiger partial charge in [-0.25, -0.2) is 4.98 Å². The van der Waals surface area contributed by atoms with E-state index in [2.05, 4.69) is 4.98 Å². The number of carbonyl (C=O) groups is 1. The number of hydrogen-bond acceptors (Lipinski definition) is 5. The third kappa shape index (κ3) is 1.63. The summed E-state index contributed by atoms with van der Waals surface area (Å²) in [5, 5.41) is 2.64. The van der Waals surface area contributed by atoms with E-state index in [1.54, 1.807) is 4.90 Å². The molecule has 3 rings (SSSR count). The Hall–Kier alpha value is -0.980. The van der Waals surface area contributed by atoms with Gasteiger partial charge in [0.15, 0.2) is 11.4 Å². The molecule has 0 bridgehead atoms. The van der Waals surface area contributed by atoms with E-state index in [9.17, 15) is 4.79 Å². The Labute approximate surface area is 97.0 Å². The van der Waals surface area contributed by atoms with Crippen LogP contribution in [0.2, 0.25) is 0 Å². The smallest absolute Gasteiger partial charge is 0.228 e. The van der Waals surface area contributed by atoms with Crippen LogP contribution in [0.4, 0.5) is 5.13 Å². The second kappa shape index (κ2) is 3.80. The number of carbonyl (C=O) groups excluding carboxylic acids is 1. The summed E-state index contributed by atoms with van der Waals surface area (Å²) in [4.78, 5) is 17.6. The molecular weight excluding hydrogens is 228 g/mol. The Bertz CT molecular complexity index is 414. The van der Waals surface area contributed by atoms with Gasteiger partial charge in [-0.3, -0.25) is 9.69 Å². The van der Waals surface area contributed by atoms with E-state index in [0.717, 1.165) is 23.8 Å². The van der Waals surface area contributed by atoms with Gasteiger partial charge in [0.25, 0.3) is 0 Å². The largest absolute Gasteiger partial charge is 0.318 e. The molecule has 6 heteroatoms. The summed E-state index contributed by atoms with van der Waals surface area (Å²) in [6.07, 6.45) is 1.05. The molecule has 5 nitrogen and oxygen atoms in total. The molecule has 0 aliphatic carbocycles. The Morgan fingerprint density at radius 1 is 1.56 bits per heavy atom. The van der Waals surface area contributed by atoms with Crippen LogP contribution in [0, 0.1) is 0 Å². The van der Waals surface area contributed by atoms with Crippen molar-refractivity contribution in [2.75, 3.05) is 11.4 Å². The summed E-state index contributed by atoms with van der Waals surface area (Å²) in [5.74, 6) is 0.157. The molecule has 0 radical (unpaired) electrons. The summed E-state index contributed by atoms with van der Waals surface area (Å²) < 4.78 is 10.7. The molecule has 86 valence electrons. The molecule has 1 aromatic heterocycles. The predicted octanol–water partition coefficient (Wildman–Crippen LogP) is 1.66. The topological polar surface area (TPSA) is 51.7 Å². The molecule has 2 saturated heterocycles. The quantitative estimate of drug-likeness (QED) is 0.789. The van der Waals surface area contributed by atoms with Crippen LogP contribution >= 0.6 is 11.3 Å². The van der Waals surface area contributed by atoms with Crippen LogP contribution in [0.1, 0.15) is 31.7 Å². The van der Waals surface area contributed by atoms with E-state index in [0.29, 0.717) is 6.42 Å². The maximum Gasteiger partial charge on any atom is 0.228 e. The molecule has 2 aliphatic rings. The highest BCUT2D eigenvalue weighted by molar-refractivity contribution is 7.14. The van der Waals surface area contributed by atoms with Gasteiger partial charge >= 0.3 is 0 Å². The minimum absolute atomic E-state index is 0.149. The van der Waals surface area contributed by atoms with Gasteiger partial charge in [-0.05, 0) is 13.3 Å². The van der Waals surface area contributed by atoms with E-state index in [4.69, 9.17) is 9.47 Å². The summed E-state index contributed by atoms with van der Waals surface area (Å²) in [7, 11) is 0. The van der Waals surface area contributed by atoms with Crippen molar-refractivity contribution in [3.8, 4) is 0 Å². The number of rotatable bonds is 2. The first-order valence-electron chi connectivity index (χ1n) is 5.31. The average Bonchev–Trinajstić information content (AvgIpc) is 2.81. The lowest BCUT2D eigenvalue weighted by Gasteiger charge is -2.32. The first kappa shape index (κ1) is 10.2. The molecule has 2 fully saturated rings. The molecular formula is C10H12N2O3S. The highest BCUT2D eigenvalue weighted by Crippen LogP contribution is 2.34. The molecule has 0 N–H and O–H groups in total. The van der Waals surface area contributed by atoms with Crippen molar-refractivity contribution in [1.82, 2.24) is 4.98 Å². The van der Waals surface area contributed by atoms with E-state index in [1.807, 2.05) is 12.3 Å². The summed E-state index contributed by atoms with van der Waals surface area (Å²) in [5.41, 5.74) is 0.762. The maximum atomic E-state index is 11.5. The molecule has 2 aliphatic heterocycles. The molecule has 0 unspecified atom stereocenters. The fourth-order valence-electron chi connectivity index (χ4n) is 1.86. The van der Waals surface area contributed by atoms with Crippen LogP contribution in [0.5, 0.6) is 0 Å². The van der Waals surface area contributed by atoms with Gasteiger partial charge in [-0.1, -0.05) is 0 Å². The molecule has 1 aromatic rings. The van der Waals surface area contributed by atoms with Crippen LogP contribution in [-0.4, -0.2) is 23.7 Å². The lowest BCUT2D eigenvalue weighted by atomic mass is 10.4. The Morgan fingerprint density at radius 2 is 2.38 bits per heavy atom. The number of hydrogen-bond donors (Lipinski definition) is 0. The van der Waals surface area contributed by atoms with E-state index >= 15 is 0 Å². The van der Waals surface area contributed by atoms with Crippen molar-refractivity contribution in [3.63, 3.8) is 0 Å². The van der Waals surface area contributed by atoms with Crippen LogP contribution < -0.4 is 4.90 Å². The molecule has 0 saturated carbocycles. The van der Waals surface area contributed by atoms with Gasteiger partial charge in [0, 0.05) is 18.3 Å². The number of aromatic nitrogens is 1. The van der Waals surface area contributed by atoms with E-state index in [-0.39, 0.29) is 18.5 Å². The molecule has 1 amide bonds. The van der Waals surface area contributed by atoms with Gasteiger partial charge in [-0.2, -0.15) is 0 Å². The minimum Gasteiger partial charge on any atom is -0.318 e. The Balaban J connectivity index is 1.75. The number of ether oxygens (including phenoxy) is 2. The number of thiazole rings is 1. The molecule has 0 aromatic carbocycles. The predicted molar refractivity (Wildman–Crippen MR) is 58.1 cm³/mol. The first-order valence-corrected chi connectivity index (χ1v) is 6.19. The molecule has 0 spiro atoms. The van der Waals surface area contributed by atoms with Crippen LogP contribution in [-0.2, 0) is 14.3 Å². The second-order valence-corrected chi connectivity index (χ2v) is 4.71. The highest BCUT2D eigenvalue weighted by atomic mass is 32.1. The van der Waals surface area contributed by atoms with Gasteiger partial charge in [-0.15, -0.1) is 11.3 Å². The average molecular weight is 240 g/mol. The first-order chi connectivity index (χ1) is 7.74. The molecule has 3 heterocycles. The van der Waals surface area contributed by atoms with Crippen molar-refractivity contribution in [2.45, 2.75) is 32.3 Å². The van der Waals surface area contributed by atoms with Crippen molar-refractivity contribution >= 4 is 22.4 Å². The van der Waals surface area contributed by atoms with Crippen molar-refractivity contribution < 1.29 is 14.3 Å². The second-order valence-electron chi connectivity index (χ2n) is 3.88. The number of amides is 1. The normalized spacial score (nSPS) is 29.6. The monoisotopic (exact) mass is 240 g/mol. The lowest BCUT2D eigenvalue weighted by Crippen LogP contribution is -2.32.